The van der Waals surface area contributed by atoms with Gasteiger partial charge in [0.2, 0.25) is 0 Å². The maximum atomic E-state index is 15.7. The number of halogens is 5. The number of aliphatic hydroxyl groups is 1. The summed E-state index contributed by atoms with van der Waals surface area (Å²) in [5, 5.41) is 24.6. The Hall–Kier alpha value is -4.34. The van der Waals surface area contributed by atoms with Gasteiger partial charge in [0.25, 0.3) is 5.91 Å². The van der Waals surface area contributed by atoms with Gasteiger partial charge in [-0.1, -0.05) is 53.5 Å². The minimum Gasteiger partial charge on any atom is -0.484 e. The molecule has 286 valence electrons. The van der Waals surface area contributed by atoms with Crippen molar-refractivity contribution in [2.24, 2.45) is 7.05 Å². The predicted octanol–water partition coefficient (Wildman–Crippen LogP) is 6.90. The lowest BCUT2D eigenvalue weighted by atomic mass is 9.96. The number of rotatable bonds is 13. The maximum Gasteiger partial charge on any atom is 0.387 e. The van der Waals surface area contributed by atoms with Crippen LogP contribution in [0.3, 0.4) is 0 Å². The molecular weight excluding hydrogens is 750 g/mol. The number of hydrogen-bond acceptors (Lipinski definition) is 8. The Kier molecular flexibility index (Phi) is 10.6. The van der Waals surface area contributed by atoms with Crippen LogP contribution in [0, 0.1) is 5.82 Å². The first-order chi connectivity index (χ1) is 25.8. The number of amides is 1. The highest BCUT2D eigenvalue weighted by molar-refractivity contribution is 6.36. The molecule has 3 aromatic carbocycles. The van der Waals surface area contributed by atoms with Gasteiger partial charge in [0.1, 0.15) is 28.2 Å². The summed E-state index contributed by atoms with van der Waals surface area (Å²) in [4.78, 5) is 31.9. The molecule has 2 atom stereocenters. The van der Waals surface area contributed by atoms with Crippen molar-refractivity contribution >= 4 is 40.8 Å². The Balaban J connectivity index is 1.12. The Morgan fingerprint density at radius 1 is 1.09 bits per heavy atom. The Morgan fingerprint density at radius 3 is 2.54 bits per heavy atom. The van der Waals surface area contributed by atoms with Crippen molar-refractivity contribution in [3.63, 3.8) is 0 Å². The first kappa shape index (κ1) is 38.0. The van der Waals surface area contributed by atoms with Crippen LogP contribution < -0.4 is 20.1 Å². The lowest BCUT2D eigenvalue weighted by Crippen LogP contribution is -2.39. The van der Waals surface area contributed by atoms with E-state index in [1.807, 2.05) is 31.2 Å². The third-order valence-electron chi connectivity index (χ3n) is 10.6. The van der Waals surface area contributed by atoms with Crippen LogP contribution in [0.1, 0.15) is 71.0 Å². The third-order valence-corrected chi connectivity index (χ3v) is 11.4. The number of aromatic nitrogens is 2. The number of nitrogens with one attached hydrogen (secondary N) is 2. The van der Waals surface area contributed by atoms with E-state index in [2.05, 4.69) is 25.3 Å². The van der Waals surface area contributed by atoms with E-state index in [9.17, 15) is 28.6 Å². The molecular formula is C38H38Cl2F3N5O6. The fraction of sp³-hybridized carbons (Fsp3) is 0.395. The molecule has 2 aliphatic carbocycles. The second-order valence-electron chi connectivity index (χ2n) is 13.9. The van der Waals surface area contributed by atoms with E-state index in [-0.39, 0.29) is 29.8 Å². The summed E-state index contributed by atoms with van der Waals surface area (Å²) in [5.74, 6) is -3.07. The number of aliphatic hydroxyl groups excluding tert-OH is 1. The number of aliphatic carboxylic acids is 1. The zero-order valence-corrected chi connectivity index (χ0v) is 30.9. The van der Waals surface area contributed by atoms with Gasteiger partial charge in [-0.3, -0.25) is 19.8 Å². The van der Waals surface area contributed by atoms with E-state index in [0.717, 1.165) is 40.7 Å². The molecule has 2 unspecified atom stereocenters. The largest absolute Gasteiger partial charge is 0.484 e. The van der Waals surface area contributed by atoms with Crippen LogP contribution in [0.25, 0.3) is 11.1 Å². The predicted molar refractivity (Wildman–Crippen MR) is 195 cm³/mol. The fourth-order valence-electron chi connectivity index (χ4n) is 7.32. The molecule has 0 bridgehead atoms. The molecule has 16 heteroatoms. The van der Waals surface area contributed by atoms with Crippen molar-refractivity contribution in [2.75, 3.05) is 18.5 Å². The average Bonchev–Trinajstić information content (AvgIpc) is 3.73. The van der Waals surface area contributed by atoms with E-state index >= 15 is 4.39 Å². The van der Waals surface area contributed by atoms with Crippen molar-refractivity contribution in [3.05, 3.63) is 92.2 Å². The molecule has 1 fully saturated rings. The van der Waals surface area contributed by atoms with Gasteiger partial charge in [-0.2, -0.15) is 8.78 Å². The molecule has 0 spiro atoms. The molecule has 3 aliphatic rings. The SMILES string of the molecule is CC(CO)N1CCc2c(nc(C(=O)Nc3cccc(-c4cccc5c4CCC5Oc4cc(OC(F)F)c(CNC5(C(=O)O)CC5)c(F)c4Cl)c3Cl)n2C)C1. The van der Waals surface area contributed by atoms with Crippen molar-refractivity contribution < 1.29 is 42.4 Å². The molecule has 4 aromatic rings. The Bertz CT molecular complexity index is 2130. The molecule has 7 rings (SSSR count). The van der Waals surface area contributed by atoms with E-state index in [0.29, 0.717) is 54.9 Å². The highest BCUT2D eigenvalue weighted by atomic mass is 35.5. The van der Waals surface area contributed by atoms with E-state index < -0.39 is 53.3 Å². The molecule has 0 saturated heterocycles. The van der Waals surface area contributed by atoms with Crippen LogP contribution in [-0.4, -0.2) is 67.9 Å². The van der Waals surface area contributed by atoms with Crippen LogP contribution in [0.5, 0.6) is 11.5 Å². The van der Waals surface area contributed by atoms with Crippen LogP contribution in [0.2, 0.25) is 10.0 Å². The van der Waals surface area contributed by atoms with Gasteiger partial charge in [0, 0.05) is 62.0 Å². The van der Waals surface area contributed by atoms with Crippen LogP contribution in [-0.2, 0) is 37.8 Å². The number of carboxylic acid groups (broad SMARTS) is 1. The number of alkyl halides is 2. The van der Waals surface area contributed by atoms with Crippen molar-refractivity contribution in [1.82, 2.24) is 19.8 Å². The highest BCUT2D eigenvalue weighted by Crippen LogP contribution is 2.46. The number of hydrogen-bond donors (Lipinski definition) is 4. The first-order valence-corrected chi connectivity index (χ1v) is 18.3. The van der Waals surface area contributed by atoms with Crippen molar-refractivity contribution in [1.29, 1.82) is 0 Å². The maximum absolute atomic E-state index is 15.7. The summed E-state index contributed by atoms with van der Waals surface area (Å²) in [6.45, 7) is -0.434. The topological polar surface area (TPSA) is 138 Å². The number of anilines is 1. The lowest BCUT2D eigenvalue weighted by molar-refractivity contribution is -0.140. The van der Waals surface area contributed by atoms with Gasteiger partial charge in [-0.15, -0.1) is 0 Å². The van der Waals surface area contributed by atoms with Gasteiger partial charge in [0.15, 0.2) is 11.6 Å². The third kappa shape index (κ3) is 7.13. The summed E-state index contributed by atoms with van der Waals surface area (Å²) < 4.78 is 55.2. The van der Waals surface area contributed by atoms with E-state index in [4.69, 9.17) is 27.9 Å². The molecule has 4 N–H and O–H groups in total. The van der Waals surface area contributed by atoms with Crippen molar-refractivity contribution in [2.45, 2.75) is 76.4 Å². The first-order valence-electron chi connectivity index (χ1n) is 17.5. The summed E-state index contributed by atoms with van der Waals surface area (Å²) >= 11 is 13.4. The smallest absolute Gasteiger partial charge is 0.387 e. The van der Waals surface area contributed by atoms with Gasteiger partial charge in [0.05, 0.1) is 23.0 Å². The number of carbonyl (C=O) groups is 2. The van der Waals surface area contributed by atoms with Gasteiger partial charge < -0.3 is 29.6 Å². The molecule has 1 aromatic heterocycles. The molecule has 1 amide bonds. The normalized spacial score (nSPS) is 17.9. The molecule has 1 aliphatic heterocycles. The standard InChI is InChI=1S/C38H38Cl2F3N5O6/c1-19(18-49)48-14-11-27-26(17-48)45-34(47(27)2)35(50)46-25-8-4-7-23(31(25)39)20-5-3-6-22-21(20)9-10-28(22)53-30-15-29(54-37(42)43)24(33(41)32(30)40)16-44-38(12-13-38)36(51)52/h3-8,15,19,28,37,44,49H,9-14,16-18H2,1-2H3,(H,46,50)(H,51,52). The van der Waals surface area contributed by atoms with E-state index in [1.165, 1.54) is 0 Å². The number of benzene rings is 3. The summed E-state index contributed by atoms with van der Waals surface area (Å²) in [7, 11) is 1.81. The molecule has 11 nitrogen and oxygen atoms in total. The van der Waals surface area contributed by atoms with Gasteiger partial charge in [-0.05, 0) is 55.4 Å². The zero-order chi connectivity index (χ0) is 38.5. The summed E-state index contributed by atoms with van der Waals surface area (Å²) in [6.07, 6.45) is 1.68. The summed E-state index contributed by atoms with van der Waals surface area (Å²) in [6, 6.07) is 12.0. The second kappa shape index (κ2) is 15.1. The Morgan fingerprint density at radius 2 is 1.83 bits per heavy atom. The van der Waals surface area contributed by atoms with Crippen LogP contribution >= 0.6 is 23.2 Å². The number of fused-ring (bicyclic) bond motifs is 2. The molecule has 2 heterocycles. The second-order valence-corrected chi connectivity index (χ2v) is 14.6. The van der Waals surface area contributed by atoms with E-state index in [1.54, 1.807) is 23.7 Å². The monoisotopic (exact) mass is 787 g/mol. The molecule has 1 saturated carbocycles. The lowest BCUT2D eigenvalue weighted by Gasteiger charge is -2.30. The molecule has 0 radical (unpaired) electrons. The van der Waals surface area contributed by atoms with Gasteiger partial charge >= 0.3 is 12.6 Å². The number of ether oxygens (including phenoxy) is 2. The highest BCUT2D eigenvalue weighted by Gasteiger charge is 2.50. The van der Waals surface area contributed by atoms with Crippen LogP contribution in [0.15, 0.2) is 42.5 Å². The summed E-state index contributed by atoms with van der Waals surface area (Å²) in [5.41, 5.74) is 3.67. The minimum absolute atomic E-state index is 0.0243. The van der Waals surface area contributed by atoms with Crippen molar-refractivity contribution in [3.8, 4) is 22.6 Å². The number of imidazole rings is 1. The minimum atomic E-state index is -3.28. The molecule has 54 heavy (non-hydrogen) atoms. The van der Waals surface area contributed by atoms with Gasteiger partial charge in [-0.25, -0.2) is 9.37 Å². The van der Waals surface area contributed by atoms with Crippen LogP contribution in [0.4, 0.5) is 18.9 Å². The number of carboxylic acids is 1. The number of carbonyl (C=O) groups excluding carboxylic acids is 1. The quantitative estimate of drug-likeness (QED) is 0.114. The number of nitrogens with zero attached hydrogens (tertiary/aromatic N) is 3. The fourth-order valence-corrected chi connectivity index (χ4v) is 7.81. The zero-order valence-electron chi connectivity index (χ0n) is 29.4. The average molecular weight is 789 g/mol. The Labute approximate surface area is 319 Å².